The van der Waals surface area contributed by atoms with Gasteiger partial charge in [-0.15, -0.1) is 23.2 Å². The number of halogens is 3. The minimum atomic E-state index is -0.257. The van der Waals surface area contributed by atoms with Crippen LogP contribution in [0.4, 0.5) is 0 Å². The lowest BCUT2D eigenvalue weighted by Crippen LogP contribution is -2.33. The third kappa shape index (κ3) is 3.50. The van der Waals surface area contributed by atoms with Crippen molar-refractivity contribution in [3.05, 3.63) is 64.4 Å². The largest absolute Gasteiger partial charge is 0.263 e. The fourth-order valence-electron chi connectivity index (χ4n) is 2.12. The summed E-state index contributed by atoms with van der Waals surface area (Å²) in [6.45, 7) is 0. The minimum Gasteiger partial charge on any atom is -0.263 e. The van der Waals surface area contributed by atoms with E-state index in [4.69, 9.17) is 23.2 Å². The van der Waals surface area contributed by atoms with Gasteiger partial charge in [0.05, 0.1) is 0 Å². The molecule has 0 radical (unpaired) electrons. The molecule has 4 heteroatoms. The highest BCUT2D eigenvalue weighted by Crippen LogP contribution is 2.32. The molecular formula is C15H14BrCl2N. The molecule has 1 aromatic heterocycles. The van der Waals surface area contributed by atoms with E-state index in [0.717, 1.165) is 16.5 Å². The van der Waals surface area contributed by atoms with Crippen molar-refractivity contribution in [2.24, 2.45) is 0 Å². The first-order chi connectivity index (χ1) is 9.20. The average molecular weight is 359 g/mol. The number of aromatic nitrogens is 1. The molecule has 100 valence electrons. The van der Waals surface area contributed by atoms with Crippen LogP contribution in [0.25, 0.3) is 0 Å². The van der Waals surface area contributed by atoms with E-state index in [1.807, 2.05) is 24.4 Å². The van der Waals surface area contributed by atoms with Crippen molar-refractivity contribution < 1.29 is 0 Å². The van der Waals surface area contributed by atoms with Gasteiger partial charge in [-0.25, -0.2) is 0 Å². The number of benzene rings is 1. The van der Waals surface area contributed by atoms with E-state index in [1.54, 1.807) is 6.20 Å². The van der Waals surface area contributed by atoms with Gasteiger partial charge in [-0.05, 0) is 39.5 Å². The van der Waals surface area contributed by atoms with E-state index in [1.165, 1.54) is 5.56 Å². The second-order valence-electron chi connectivity index (χ2n) is 4.60. The molecule has 0 fully saturated rings. The lowest BCUT2D eigenvalue weighted by molar-refractivity contribution is 0.535. The molecule has 0 amide bonds. The molecule has 0 saturated heterocycles. The fourth-order valence-corrected chi connectivity index (χ4v) is 3.32. The van der Waals surface area contributed by atoms with Crippen LogP contribution in [0.5, 0.6) is 0 Å². The molecule has 0 unspecified atom stereocenters. The normalized spacial score (nSPS) is 11.5. The molecule has 0 spiro atoms. The van der Waals surface area contributed by atoms with Gasteiger partial charge in [0, 0.05) is 34.0 Å². The summed E-state index contributed by atoms with van der Waals surface area (Å²) in [5.41, 5.74) is 2.03. The quantitative estimate of drug-likeness (QED) is 0.699. The molecule has 1 aromatic carbocycles. The van der Waals surface area contributed by atoms with Crippen LogP contribution in [0.15, 0.2) is 53.3 Å². The highest BCUT2D eigenvalue weighted by atomic mass is 79.9. The molecule has 0 atom stereocenters. The lowest BCUT2D eigenvalue weighted by Gasteiger charge is -2.30. The molecule has 2 rings (SSSR count). The van der Waals surface area contributed by atoms with Gasteiger partial charge < -0.3 is 0 Å². The van der Waals surface area contributed by atoms with Crippen molar-refractivity contribution in [2.75, 3.05) is 11.8 Å². The first-order valence-electron chi connectivity index (χ1n) is 5.97. The zero-order valence-electron chi connectivity index (χ0n) is 10.3. The zero-order valence-corrected chi connectivity index (χ0v) is 13.4. The molecule has 1 nitrogen and oxygen atoms in total. The second-order valence-corrected chi connectivity index (χ2v) is 6.05. The van der Waals surface area contributed by atoms with Crippen molar-refractivity contribution in [3.63, 3.8) is 0 Å². The van der Waals surface area contributed by atoms with Gasteiger partial charge in [-0.3, -0.25) is 4.98 Å². The Labute approximate surface area is 132 Å². The van der Waals surface area contributed by atoms with E-state index < -0.39 is 0 Å². The minimum absolute atomic E-state index is 0.257. The highest BCUT2D eigenvalue weighted by molar-refractivity contribution is 9.10. The number of alkyl halides is 2. The van der Waals surface area contributed by atoms with Gasteiger partial charge in [0.1, 0.15) is 0 Å². The molecule has 0 aliphatic heterocycles. The van der Waals surface area contributed by atoms with Crippen molar-refractivity contribution in [1.82, 2.24) is 4.98 Å². The monoisotopic (exact) mass is 357 g/mol. The summed E-state index contributed by atoms with van der Waals surface area (Å²) in [5.74, 6) is 0.958. The van der Waals surface area contributed by atoms with Gasteiger partial charge in [0.15, 0.2) is 0 Å². The van der Waals surface area contributed by atoms with Gasteiger partial charge in [0.25, 0.3) is 0 Å². The summed E-state index contributed by atoms with van der Waals surface area (Å²) in [6, 6.07) is 12.2. The summed E-state index contributed by atoms with van der Waals surface area (Å²) in [5, 5.41) is 0. The first-order valence-corrected chi connectivity index (χ1v) is 7.83. The topological polar surface area (TPSA) is 12.9 Å². The van der Waals surface area contributed by atoms with Crippen LogP contribution in [0.2, 0.25) is 0 Å². The standard InChI is InChI=1S/C15H14BrCl2N/c16-14-6-12(8-19-9-14)7-15(10-17,11-18)13-4-2-1-3-5-13/h1-6,8-9H,7,10-11H2. The Balaban J connectivity index is 2.35. The van der Waals surface area contributed by atoms with E-state index in [9.17, 15) is 0 Å². The van der Waals surface area contributed by atoms with Gasteiger partial charge in [0.2, 0.25) is 0 Å². The van der Waals surface area contributed by atoms with Crippen LogP contribution < -0.4 is 0 Å². The van der Waals surface area contributed by atoms with Gasteiger partial charge in [-0.2, -0.15) is 0 Å². The number of rotatable bonds is 5. The van der Waals surface area contributed by atoms with Crippen LogP contribution in [0, 0.1) is 0 Å². The molecular weight excluding hydrogens is 345 g/mol. The van der Waals surface area contributed by atoms with Crippen molar-refractivity contribution in [1.29, 1.82) is 0 Å². The van der Waals surface area contributed by atoms with Crippen molar-refractivity contribution in [3.8, 4) is 0 Å². The Bertz CT molecular complexity index is 527. The Morgan fingerprint density at radius 3 is 2.32 bits per heavy atom. The van der Waals surface area contributed by atoms with E-state index in [2.05, 4.69) is 39.1 Å². The van der Waals surface area contributed by atoms with Crippen LogP contribution >= 0.6 is 39.1 Å². The van der Waals surface area contributed by atoms with Crippen molar-refractivity contribution in [2.45, 2.75) is 11.8 Å². The average Bonchev–Trinajstić information content (AvgIpc) is 2.46. The molecule has 0 aliphatic rings. The van der Waals surface area contributed by atoms with Crippen LogP contribution in [-0.4, -0.2) is 16.7 Å². The Hall–Kier alpha value is -0.570. The molecule has 2 aromatic rings. The highest BCUT2D eigenvalue weighted by Gasteiger charge is 2.31. The van der Waals surface area contributed by atoms with E-state index in [-0.39, 0.29) is 5.41 Å². The summed E-state index contributed by atoms with van der Waals surface area (Å²) in [6.07, 6.45) is 4.41. The maximum atomic E-state index is 6.23. The smallest absolute Gasteiger partial charge is 0.0410 e. The molecule has 0 aliphatic carbocycles. The number of hydrogen-bond acceptors (Lipinski definition) is 1. The predicted octanol–water partition coefficient (Wildman–Crippen LogP) is 4.80. The number of nitrogens with zero attached hydrogens (tertiary/aromatic N) is 1. The summed E-state index contributed by atoms with van der Waals surface area (Å²) in [7, 11) is 0. The molecule has 0 N–H and O–H groups in total. The summed E-state index contributed by atoms with van der Waals surface area (Å²) in [4.78, 5) is 4.20. The van der Waals surface area contributed by atoms with Crippen LogP contribution in [0.1, 0.15) is 11.1 Å². The van der Waals surface area contributed by atoms with Gasteiger partial charge in [-0.1, -0.05) is 30.3 Å². The van der Waals surface area contributed by atoms with Crippen LogP contribution in [0.3, 0.4) is 0 Å². The Morgan fingerprint density at radius 2 is 1.74 bits per heavy atom. The zero-order chi connectivity index (χ0) is 13.7. The van der Waals surface area contributed by atoms with Crippen LogP contribution in [-0.2, 0) is 11.8 Å². The predicted molar refractivity (Wildman–Crippen MR) is 85.2 cm³/mol. The summed E-state index contributed by atoms with van der Waals surface area (Å²) < 4.78 is 0.969. The third-order valence-electron chi connectivity index (χ3n) is 3.20. The van der Waals surface area contributed by atoms with E-state index in [0.29, 0.717) is 11.8 Å². The SMILES string of the molecule is ClCC(CCl)(Cc1cncc(Br)c1)c1ccccc1. The Morgan fingerprint density at radius 1 is 1.05 bits per heavy atom. The van der Waals surface area contributed by atoms with Gasteiger partial charge >= 0.3 is 0 Å². The second kappa shape index (κ2) is 6.74. The molecule has 0 saturated carbocycles. The fraction of sp³-hybridized carbons (Fsp3) is 0.267. The Kier molecular flexibility index (Phi) is 5.26. The molecule has 1 heterocycles. The maximum absolute atomic E-state index is 6.23. The molecule has 0 bridgehead atoms. The first kappa shape index (κ1) is 14.8. The van der Waals surface area contributed by atoms with Crippen molar-refractivity contribution >= 4 is 39.1 Å². The van der Waals surface area contributed by atoms with E-state index >= 15 is 0 Å². The summed E-state index contributed by atoms with van der Waals surface area (Å²) >= 11 is 15.9. The number of hydrogen-bond donors (Lipinski definition) is 0. The number of pyridine rings is 1. The maximum Gasteiger partial charge on any atom is 0.0410 e. The third-order valence-corrected chi connectivity index (χ3v) is 4.66. The molecule has 19 heavy (non-hydrogen) atoms. The lowest BCUT2D eigenvalue weighted by atomic mass is 9.79.